The fraction of sp³-hybridized carbons (Fsp3) is 0.312. The standard InChI is InChI=1S/C16H19N3/c1-12(2)14-5-4-6-15(8-14)18-10-13-7-16(9-17)19(3)11-13/h4-8,11-12,18H,10H2,1-3H3. The highest BCUT2D eigenvalue weighted by atomic mass is 14.9. The number of rotatable bonds is 4. The average Bonchev–Trinajstić information content (AvgIpc) is 2.77. The molecule has 0 saturated heterocycles. The maximum Gasteiger partial charge on any atom is 0.120 e. The molecule has 0 saturated carbocycles. The zero-order valence-electron chi connectivity index (χ0n) is 11.6. The fourth-order valence-electron chi connectivity index (χ4n) is 2.05. The molecule has 0 bridgehead atoms. The van der Waals surface area contributed by atoms with E-state index in [0.717, 1.165) is 17.8 Å². The van der Waals surface area contributed by atoms with Crippen molar-refractivity contribution in [2.24, 2.45) is 7.05 Å². The van der Waals surface area contributed by atoms with E-state index in [4.69, 9.17) is 5.26 Å². The van der Waals surface area contributed by atoms with Crippen molar-refractivity contribution < 1.29 is 0 Å². The van der Waals surface area contributed by atoms with Crippen molar-refractivity contribution in [1.29, 1.82) is 5.26 Å². The SMILES string of the molecule is CC(C)c1cccc(NCc2cc(C#N)n(C)c2)c1. The number of hydrogen-bond acceptors (Lipinski definition) is 2. The van der Waals surface area contributed by atoms with Crippen molar-refractivity contribution in [2.45, 2.75) is 26.3 Å². The van der Waals surface area contributed by atoms with Crippen LogP contribution in [0.25, 0.3) is 0 Å². The summed E-state index contributed by atoms with van der Waals surface area (Å²) in [5.41, 5.74) is 4.26. The average molecular weight is 253 g/mol. The van der Waals surface area contributed by atoms with Gasteiger partial charge in [0.25, 0.3) is 0 Å². The lowest BCUT2D eigenvalue weighted by molar-refractivity contribution is 0.866. The summed E-state index contributed by atoms with van der Waals surface area (Å²) in [6, 6.07) is 12.6. The van der Waals surface area contributed by atoms with Gasteiger partial charge in [0.2, 0.25) is 0 Å². The van der Waals surface area contributed by atoms with Crippen LogP contribution < -0.4 is 5.32 Å². The van der Waals surface area contributed by atoms with Gasteiger partial charge in [-0.25, -0.2) is 0 Å². The smallest absolute Gasteiger partial charge is 0.120 e. The number of aryl methyl sites for hydroxylation is 1. The van der Waals surface area contributed by atoms with E-state index in [1.807, 2.05) is 23.9 Å². The largest absolute Gasteiger partial charge is 0.381 e. The first-order valence-corrected chi connectivity index (χ1v) is 6.49. The van der Waals surface area contributed by atoms with Gasteiger partial charge in [-0.2, -0.15) is 5.26 Å². The van der Waals surface area contributed by atoms with Crippen molar-refractivity contribution in [3.63, 3.8) is 0 Å². The van der Waals surface area contributed by atoms with Crippen molar-refractivity contribution in [3.8, 4) is 6.07 Å². The molecule has 0 aliphatic heterocycles. The predicted molar refractivity (Wildman–Crippen MR) is 78.0 cm³/mol. The number of anilines is 1. The molecule has 1 aromatic heterocycles. The minimum Gasteiger partial charge on any atom is -0.381 e. The molecule has 0 unspecified atom stereocenters. The molecular weight excluding hydrogens is 234 g/mol. The first-order valence-electron chi connectivity index (χ1n) is 6.49. The summed E-state index contributed by atoms with van der Waals surface area (Å²) in [4.78, 5) is 0. The van der Waals surface area contributed by atoms with E-state index in [-0.39, 0.29) is 0 Å². The van der Waals surface area contributed by atoms with Crippen LogP contribution in [0.15, 0.2) is 36.5 Å². The van der Waals surface area contributed by atoms with E-state index in [2.05, 4.69) is 49.5 Å². The monoisotopic (exact) mass is 253 g/mol. The van der Waals surface area contributed by atoms with Crippen molar-refractivity contribution in [2.75, 3.05) is 5.32 Å². The molecule has 19 heavy (non-hydrogen) atoms. The van der Waals surface area contributed by atoms with Gasteiger partial charge in [-0.05, 0) is 35.2 Å². The Morgan fingerprint density at radius 2 is 2.11 bits per heavy atom. The highest BCUT2D eigenvalue weighted by Gasteiger charge is 2.03. The summed E-state index contributed by atoms with van der Waals surface area (Å²) < 4.78 is 1.85. The molecule has 2 rings (SSSR count). The molecule has 3 nitrogen and oxygen atoms in total. The normalized spacial score (nSPS) is 10.5. The second-order valence-corrected chi connectivity index (χ2v) is 5.09. The number of nitrogens with one attached hydrogen (secondary N) is 1. The fourth-order valence-corrected chi connectivity index (χ4v) is 2.05. The first-order chi connectivity index (χ1) is 9.10. The second kappa shape index (κ2) is 5.62. The van der Waals surface area contributed by atoms with Gasteiger partial charge < -0.3 is 9.88 Å². The highest BCUT2D eigenvalue weighted by molar-refractivity contribution is 5.47. The van der Waals surface area contributed by atoms with Crippen LogP contribution >= 0.6 is 0 Å². The van der Waals surface area contributed by atoms with Gasteiger partial charge >= 0.3 is 0 Å². The van der Waals surface area contributed by atoms with E-state index in [0.29, 0.717) is 11.6 Å². The van der Waals surface area contributed by atoms with E-state index >= 15 is 0 Å². The molecule has 0 aliphatic rings. The minimum atomic E-state index is 0.531. The Kier molecular flexibility index (Phi) is 3.91. The van der Waals surface area contributed by atoms with Crippen molar-refractivity contribution >= 4 is 5.69 Å². The lowest BCUT2D eigenvalue weighted by atomic mass is 10.0. The number of nitrogens with zero attached hydrogens (tertiary/aromatic N) is 2. The van der Waals surface area contributed by atoms with Gasteiger partial charge in [0.05, 0.1) is 0 Å². The minimum absolute atomic E-state index is 0.531. The molecule has 0 spiro atoms. The summed E-state index contributed by atoms with van der Waals surface area (Å²) in [6.45, 7) is 5.11. The van der Waals surface area contributed by atoms with Crippen LogP contribution in [0.5, 0.6) is 0 Å². The Labute approximate surface area is 114 Å². The Morgan fingerprint density at radius 1 is 1.32 bits per heavy atom. The van der Waals surface area contributed by atoms with Crippen LogP contribution in [0.3, 0.4) is 0 Å². The highest BCUT2D eigenvalue weighted by Crippen LogP contribution is 2.19. The zero-order valence-corrected chi connectivity index (χ0v) is 11.6. The molecule has 1 heterocycles. The van der Waals surface area contributed by atoms with Gasteiger partial charge in [0.15, 0.2) is 0 Å². The summed E-state index contributed by atoms with van der Waals surface area (Å²) in [5.74, 6) is 0.531. The maximum absolute atomic E-state index is 8.92. The molecule has 0 amide bonds. The van der Waals surface area contributed by atoms with E-state index < -0.39 is 0 Å². The summed E-state index contributed by atoms with van der Waals surface area (Å²) in [5, 5.41) is 12.3. The van der Waals surface area contributed by atoms with Crippen LogP contribution in [-0.2, 0) is 13.6 Å². The van der Waals surface area contributed by atoms with E-state index in [1.165, 1.54) is 5.56 Å². The molecule has 3 heteroatoms. The topological polar surface area (TPSA) is 40.8 Å². The Balaban J connectivity index is 2.06. The van der Waals surface area contributed by atoms with E-state index in [9.17, 15) is 0 Å². The summed E-state index contributed by atoms with van der Waals surface area (Å²) >= 11 is 0. The maximum atomic E-state index is 8.92. The third kappa shape index (κ3) is 3.17. The van der Waals surface area contributed by atoms with Gasteiger partial charge in [0, 0.05) is 25.5 Å². The van der Waals surface area contributed by atoms with Crippen LogP contribution in [0.4, 0.5) is 5.69 Å². The third-order valence-electron chi connectivity index (χ3n) is 3.23. The third-order valence-corrected chi connectivity index (χ3v) is 3.23. The van der Waals surface area contributed by atoms with Crippen LogP contribution in [-0.4, -0.2) is 4.57 Å². The second-order valence-electron chi connectivity index (χ2n) is 5.09. The van der Waals surface area contributed by atoms with Crippen LogP contribution in [0.1, 0.15) is 36.6 Å². The summed E-state index contributed by atoms with van der Waals surface area (Å²) in [7, 11) is 1.89. The lowest BCUT2D eigenvalue weighted by Gasteiger charge is -2.09. The number of aromatic nitrogens is 1. The van der Waals surface area contributed by atoms with Gasteiger partial charge in [-0.3, -0.25) is 0 Å². The molecule has 0 fully saturated rings. The lowest BCUT2D eigenvalue weighted by Crippen LogP contribution is -1.99. The Hall–Kier alpha value is -2.21. The molecule has 0 aliphatic carbocycles. The predicted octanol–water partition coefficient (Wildman–Crippen LogP) is 3.63. The quantitative estimate of drug-likeness (QED) is 0.903. The van der Waals surface area contributed by atoms with Crippen LogP contribution in [0.2, 0.25) is 0 Å². The molecular formula is C16H19N3. The number of benzene rings is 1. The Bertz CT molecular complexity index is 603. The van der Waals surface area contributed by atoms with Crippen LogP contribution in [0, 0.1) is 11.3 Å². The zero-order chi connectivity index (χ0) is 13.8. The van der Waals surface area contributed by atoms with E-state index in [1.54, 1.807) is 0 Å². The number of nitriles is 1. The van der Waals surface area contributed by atoms with Crippen molar-refractivity contribution in [1.82, 2.24) is 4.57 Å². The molecule has 98 valence electrons. The summed E-state index contributed by atoms with van der Waals surface area (Å²) in [6.07, 6.45) is 1.98. The molecule has 0 radical (unpaired) electrons. The van der Waals surface area contributed by atoms with Gasteiger partial charge in [-0.15, -0.1) is 0 Å². The molecule has 1 aromatic carbocycles. The molecule has 2 aromatic rings. The van der Waals surface area contributed by atoms with Crippen molar-refractivity contribution in [3.05, 3.63) is 53.3 Å². The van der Waals surface area contributed by atoms with Gasteiger partial charge in [-0.1, -0.05) is 26.0 Å². The van der Waals surface area contributed by atoms with Gasteiger partial charge in [0.1, 0.15) is 11.8 Å². The first kappa shape index (κ1) is 13.2. The number of hydrogen-bond donors (Lipinski definition) is 1. The molecule has 1 N–H and O–H groups in total. The molecule has 0 atom stereocenters. The Morgan fingerprint density at radius 3 is 2.74 bits per heavy atom.